The summed E-state index contributed by atoms with van der Waals surface area (Å²) in [5.74, 6) is 0.766. The van der Waals surface area contributed by atoms with Gasteiger partial charge in [0.25, 0.3) is 0 Å². The van der Waals surface area contributed by atoms with Crippen LogP contribution >= 0.6 is 0 Å². The van der Waals surface area contributed by atoms with E-state index in [4.69, 9.17) is 5.26 Å². The van der Waals surface area contributed by atoms with Gasteiger partial charge >= 0.3 is 0 Å². The van der Waals surface area contributed by atoms with Gasteiger partial charge in [-0.1, -0.05) is 12.5 Å². The summed E-state index contributed by atoms with van der Waals surface area (Å²) in [6.07, 6.45) is 4.74. The third kappa shape index (κ3) is 3.23. The fraction of sp³-hybridized carbons (Fsp3) is 0.235. The molecular weight excluding hydrogens is 276 g/mol. The molecule has 5 heteroatoms. The molecule has 1 saturated carbocycles. The number of pyridine rings is 1. The highest BCUT2D eigenvalue weighted by Gasteiger charge is 2.25. The van der Waals surface area contributed by atoms with Crippen molar-refractivity contribution in [3.8, 4) is 6.07 Å². The molecule has 3 rings (SSSR count). The molecule has 1 aromatic carbocycles. The Kier molecular flexibility index (Phi) is 4.01. The number of hydrogen-bond donors (Lipinski definition) is 2. The number of hydrogen-bond acceptors (Lipinski definition) is 4. The van der Waals surface area contributed by atoms with Crippen LogP contribution < -0.4 is 10.6 Å². The number of aromatic nitrogens is 1. The summed E-state index contributed by atoms with van der Waals surface area (Å²) >= 11 is 0. The van der Waals surface area contributed by atoms with Crippen LogP contribution in [0, 0.1) is 17.2 Å². The molecule has 1 amide bonds. The van der Waals surface area contributed by atoms with E-state index in [0.29, 0.717) is 11.4 Å². The molecule has 0 atom stereocenters. The van der Waals surface area contributed by atoms with Crippen molar-refractivity contribution in [2.24, 2.45) is 5.92 Å². The standard InChI is InChI=1S/C17H16N4O/c18-10-12-3-1-6-14(9-12)20-15-7-8-16(19-11-15)21-17(22)13-4-2-5-13/h1,3,6-9,11,13,20H,2,4-5H2,(H,19,21,22). The quantitative estimate of drug-likeness (QED) is 0.905. The van der Waals surface area contributed by atoms with E-state index in [9.17, 15) is 4.79 Å². The SMILES string of the molecule is N#Cc1cccc(Nc2ccc(NC(=O)C3CCC3)nc2)c1. The van der Waals surface area contributed by atoms with Gasteiger partial charge in [0.15, 0.2) is 0 Å². The average Bonchev–Trinajstić information content (AvgIpc) is 2.48. The second kappa shape index (κ2) is 6.27. The van der Waals surface area contributed by atoms with Gasteiger partial charge in [0.05, 0.1) is 23.5 Å². The number of nitrogens with zero attached hydrogens (tertiary/aromatic N) is 2. The summed E-state index contributed by atoms with van der Waals surface area (Å²) in [6.45, 7) is 0. The van der Waals surface area contributed by atoms with E-state index >= 15 is 0 Å². The van der Waals surface area contributed by atoms with Crippen molar-refractivity contribution >= 4 is 23.1 Å². The Morgan fingerprint density at radius 2 is 2.09 bits per heavy atom. The van der Waals surface area contributed by atoms with Crippen molar-refractivity contribution in [3.63, 3.8) is 0 Å². The van der Waals surface area contributed by atoms with Crippen LogP contribution in [0.15, 0.2) is 42.6 Å². The molecule has 0 bridgehead atoms. The summed E-state index contributed by atoms with van der Waals surface area (Å²) in [7, 11) is 0. The van der Waals surface area contributed by atoms with E-state index in [2.05, 4.69) is 21.7 Å². The van der Waals surface area contributed by atoms with E-state index in [0.717, 1.165) is 30.6 Å². The van der Waals surface area contributed by atoms with Gasteiger partial charge in [0.2, 0.25) is 5.91 Å². The first-order valence-electron chi connectivity index (χ1n) is 7.29. The van der Waals surface area contributed by atoms with E-state index in [1.807, 2.05) is 18.2 Å². The Labute approximate surface area is 129 Å². The van der Waals surface area contributed by atoms with Crippen molar-refractivity contribution in [1.29, 1.82) is 5.26 Å². The van der Waals surface area contributed by atoms with Crippen LogP contribution in [0.4, 0.5) is 17.2 Å². The zero-order chi connectivity index (χ0) is 15.4. The topological polar surface area (TPSA) is 77.8 Å². The highest BCUT2D eigenvalue weighted by molar-refractivity contribution is 5.92. The van der Waals surface area contributed by atoms with Gasteiger partial charge < -0.3 is 10.6 Å². The monoisotopic (exact) mass is 292 g/mol. The van der Waals surface area contributed by atoms with Gasteiger partial charge in [-0.15, -0.1) is 0 Å². The molecule has 1 aliphatic rings. The predicted octanol–water partition coefficient (Wildman–Crippen LogP) is 3.44. The predicted molar refractivity (Wildman–Crippen MR) is 84.6 cm³/mol. The van der Waals surface area contributed by atoms with E-state index < -0.39 is 0 Å². The maximum absolute atomic E-state index is 11.8. The second-order valence-corrected chi connectivity index (χ2v) is 5.37. The van der Waals surface area contributed by atoms with Crippen molar-refractivity contribution in [1.82, 2.24) is 4.98 Å². The summed E-state index contributed by atoms with van der Waals surface area (Å²) in [5, 5.41) is 14.9. The van der Waals surface area contributed by atoms with E-state index in [1.54, 1.807) is 24.4 Å². The summed E-state index contributed by atoms with van der Waals surface area (Å²) in [4.78, 5) is 16.1. The van der Waals surface area contributed by atoms with Crippen LogP contribution in [-0.4, -0.2) is 10.9 Å². The number of carbonyl (C=O) groups excluding carboxylic acids is 1. The largest absolute Gasteiger partial charge is 0.354 e. The smallest absolute Gasteiger partial charge is 0.228 e. The lowest BCUT2D eigenvalue weighted by molar-refractivity contribution is -0.122. The molecule has 0 aliphatic heterocycles. The Hall–Kier alpha value is -2.87. The molecule has 2 N–H and O–H groups in total. The molecule has 2 aromatic rings. The molecule has 1 aliphatic carbocycles. The number of rotatable bonds is 4. The molecule has 22 heavy (non-hydrogen) atoms. The van der Waals surface area contributed by atoms with Gasteiger partial charge in [-0.25, -0.2) is 4.98 Å². The summed E-state index contributed by atoms with van der Waals surface area (Å²) < 4.78 is 0. The van der Waals surface area contributed by atoms with Gasteiger partial charge in [-0.3, -0.25) is 4.79 Å². The first-order valence-corrected chi connectivity index (χ1v) is 7.29. The summed E-state index contributed by atoms with van der Waals surface area (Å²) in [5.41, 5.74) is 2.23. The maximum Gasteiger partial charge on any atom is 0.228 e. The minimum atomic E-state index is 0.0566. The molecule has 0 spiro atoms. The number of carbonyl (C=O) groups is 1. The molecule has 110 valence electrons. The minimum Gasteiger partial charge on any atom is -0.354 e. The maximum atomic E-state index is 11.8. The van der Waals surface area contributed by atoms with Crippen molar-refractivity contribution in [2.75, 3.05) is 10.6 Å². The van der Waals surface area contributed by atoms with E-state index in [-0.39, 0.29) is 11.8 Å². The Morgan fingerprint density at radius 1 is 1.23 bits per heavy atom. The summed E-state index contributed by atoms with van der Waals surface area (Å²) in [6, 6.07) is 12.9. The highest BCUT2D eigenvalue weighted by atomic mass is 16.2. The van der Waals surface area contributed by atoms with Crippen LogP contribution in [0.25, 0.3) is 0 Å². The molecule has 5 nitrogen and oxygen atoms in total. The van der Waals surface area contributed by atoms with Gasteiger partial charge in [-0.05, 0) is 43.2 Å². The van der Waals surface area contributed by atoms with Crippen molar-refractivity contribution in [3.05, 3.63) is 48.2 Å². The minimum absolute atomic E-state index is 0.0566. The Balaban J connectivity index is 1.63. The van der Waals surface area contributed by atoms with Crippen LogP contribution in [0.1, 0.15) is 24.8 Å². The molecule has 1 aromatic heterocycles. The van der Waals surface area contributed by atoms with Crippen LogP contribution in [0.2, 0.25) is 0 Å². The average molecular weight is 292 g/mol. The van der Waals surface area contributed by atoms with Gasteiger partial charge in [-0.2, -0.15) is 5.26 Å². The number of anilines is 3. The van der Waals surface area contributed by atoms with Gasteiger partial charge in [0.1, 0.15) is 5.82 Å². The fourth-order valence-electron chi connectivity index (χ4n) is 2.27. The first-order chi connectivity index (χ1) is 10.7. The van der Waals surface area contributed by atoms with Crippen molar-refractivity contribution in [2.45, 2.75) is 19.3 Å². The Bertz CT molecular complexity index is 714. The zero-order valence-electron chi connectivity index (χ0n) is 12.0. The number of nitriles is 1. The van der Waals surface area contributed by atoms with Crippen LogP contribution in [-0.2, 0) is 4.79 Å². The number of nitrogens with one attached hydrogen (secondary N) is 2. The third-order valence-electron chi connectivity index (χ3n) is 3.77. The second-order valence-electron chi connectivity index (χ2n) is 5.37. The lowest BCUT2D eigenvalue weighted by Crippen LogP contribution is -2.28. The number of benzene rings is 1. The third-order valence-corrected chi connectivity index (χ3v) is 3.77. The molecule has 0 saturated heterocycles. The number of amides is 1. The highest BCUT2D eigenvalue weighted by Crippen LogP contribution is 2.27. The zero-order valence-corrected chi connectivity index (χ0v) is 12.0. The van der Waals surface area contributed by atoms with E-state index in [1.165, 1.54) is 0 Å². The van der Waals surface area contributed by atoms with Gasteiger partial charge in [0, 0.05) is 11.6 Å². The molecule has 1 fully saturated rings. The fourth-order valence-corrected chi connectivity index (χ4v) is 2.27. The lowest BCUT2D eigenvalue weighted by Gasteiger charge is -2.23. The van der Waals surface area contributed by atoms with Crippen molar-refractivity contribution < 1.29 is 4.79 Å². The molecule has 1 heterocycles. The normalized spacial score (nSPS) is 13.8. The van der Waals surface area contributed by atoms with Crippen LogP contribution in [0.5, 0.6) is 0 Å². The molecular formula is C17H16N4O. The molecule has 0 radical (unpaired) electrons. The molecule has 0 unspecified atom stereocenters. The Morgan fingerprint density at radius 3 is 2.73 bits per heavy atom. The first kappa shape index (κ1) is 14.1. The van der Waals surface area contributed by atoms with Crippen LogP contribution in [0.3, 0.4) is 0 Å². The lowest BCUT2D eigenvalue weighted by atomic mass is 9.85.